The summed E-state index contributed by atoms with van der Waals surface area (Å²) in [6.45, 7) is 3.12. The minimum absolute atomic E-state index is 0.231. The first-order chi connectivity index (χ1) is 13.0. The molecule has 5 nitrogen and oxygen atoms in total. The van der Waals surface area contributed by atoms with Crippen LogP contribution in [0.25, 0.3) is 11.3 Å². The Labute approximate surface area is 163 Å². The smallest absolute Gasteiger partial charge is 0.257 e. The normalized spacial score (nSPS) is 11.0. The van der Waals surface area contributed by atoms with E-state index in [1.54, 1.807) is 13.0 Å². The van der Waals surface area contributed by atoms with Gasteiger partial charge < -0.3 is 14.7 Å². The van der Waals surface area contributed by atoms with Gasteiger partial charge in [-0.05, 0) is 18.6 Å². The Morgan fingerprint density at radius 2 is 1.78 bits per heavy atom. The Kier molecular flexibility index (Phi) is 5.94. The minimum Gasteiger partial charge on any atom is -0.360 e. The Morgan fingerprint density at radius 3 is 2.44 bits per heavy atom. The van der Waals surface area contributed by atoms with Crippen molar-refractivity contribution in [3.05, 3.63) is 76.0 Å². The second-order valence-corrected chi connectivity index (χ2v) is 7.23. The Balaban J connectivity index is 1.74. The third-order valence-electron chi connectivity index (χ3n) is 4.25. The van der Waals surface area contributed by atoms with E-state index in [4.69, 9.17) is 16.1 Å². The highest BCUT2D eigenvalue weighted by atomic mass is 35.5. The summed E-state index contributed by atoms with van der Waals surface area (Å²) in [6.07, 6.45) is 0. The van der Waals surface area contributed by atoms with Crippen molar-refractivity contribution in [2.75, 3.05) is 14.1 Å². The van der Waals surface area contributed by atoms with Crippen molar-refractivity contribution in [2.24, 2.45) is 0 Å². The molecule has 0 saturated carbocycles. The number of aryl methyl sites for hydroxylation is 1. The molecule has 3 rings (SSSR count). The van der Waals surface area contributed by atoms with Crippen LogP contribution in [0.3, 0.4) is 0 Å². The molecule has 140 valence electrons. The number of nitrogens with zero attached hydrogens (tertiary/aromatic N) is 1. The van der Waals surface area contributed by atoms with Crippen molar-refractivity contribution in [3.63, 3.8) is 0 Å². The standard InChI is InChI=1S/C21H22ClN3O2/c1-14-19(20(24-27-14)17-6-4-5-7-18(17)22)21(26)23-12-15-8-10-16(11-9-15)13-25(2)3/h4-11H,12-13H2,1-3H3,(H,23,26)/p+1. The summed E-state index contributed by atoms with van der Waals surface area (Å²) in [4.78, 5) is 14.1. The van der Waals surface area contributed by atoms with Gasteiger partial charge in [-0.3, -0.25) is 4.79 Å². The fraction of sp³-hybridized carbons (Fsp3) is 0.238. The summed E-state index contributed by atoms with van der Waals surface area (Å²) in [5.41, 5.74) is 3.85. The molecular weight excluding hydrogens is 362 g/mol. The molecule has 0 spiro atoms. The van der Waals surface area contributed by atoms with Gasteiger partial charge in [0.2, 0.25) is 0 Å². The van der Waals surface area contributed by atoms with Gasteiger partial charge >= 0.3 is 0 Å². The second-order valence-electron chi connectivity index (χ2n) is 6.83. The molecule has 1 aromatic heterocycles. The third kappa shape index (κ3) is 4.56. The van der Waals surface area contributed by atoms with Crippen molar-refractivity contribution < 1.29 is 14.2 Å². The van der Waals surface area contributed by atoms with E-state index in [2.05, 4.69) is 36.7 Å². The number of amides is 1. The molecule has 0 unspecified atom stereocenters. The average Bonchev–Trinajstić information content (AvgIpc) is 3.02. The van der Waals surface area contributed by atoms with Crippen LogP contribution in [-0.2, 0) is 13.1 Å². The number of hydrogen-bond donors (Lipinski definition) is 2. The minimum atomic E-state index is -0.231. The number of benzene rings is 2. The first-order valence-electron chi connectivity index (χ1n) is 8.82. The maximum atomic E-state index is 12.8. The highest BCUT2D eigenvalue weighted by Crippen LogP contribution is 2.30. The molecule has 0 aliphatic rings. The van der Waals surface area contributed by atoms with Crippen LogP contribution in [0.5, 0.6) is 0 Å². The van der Waals surface area contributed by atoms with Gasteiger partial charge in [-0.25, -0.2) is 0 Å². The number of halogens is 1. The SMILES string of the molecule is Cc1onc(-c2ccccc2Cl)c1C(=O)NCc1ccc(C[NH+](C)C)cc1. The maximum Gasteiger partial charge on any atom is 0.257 e. The number of quaternary nitrogens is 1. The number of hydrogen-bond acceptors (Lipinski definition) is 3. The summed E-state index contributed by atoms with van der Waals surface area (Å²) >= 11 is 6.25. The molecule has 1 amide bonds. The molecule has 0 aliphatic carbocycles. The predicted octanol–water partition coefficient (Wildman–Crippen LogP) is 2.88. The van der Waals surface area contributed by atoms with Crippen LogP contribution in [-0.4, -0.2) is 25.2 Å². The number of nitrogens with one attached hydrogen (secondary N) is 2. The van der Waals surface area contributed by atoms with E-state index in [1.165, 1.54) is 10.5 Å². The summed E-state index contributed by atoms with van der Waals surface area (Å²) in [6, 6.07) is 15.5. The molecule has 0 radical (unpaired) electrons. The zero-order valence-corrected chi connectivity index (χ0v) is 16.4. The number of aromatic nitrogens is 1. The lowest BCUT2D eigenvalue weighted by atomic mass is 10.1. The van der Waals surface area contributed by atoms with E-state index in [9.17, 15) is 4.79 Å². The molecule has 2 N–H and O–H groups in total. The van der Waals surface area contributed by atoms with Crippen LogP contribution >= 0.6 is 11.6 Å². The van der Waals surface area contributed by atoms with E-state index in [1.807, 2.05) is 30.3 Å². The first kappa shape index (κ1) is 19.1. The molecule has 0 saturated heterocycles. The van der Waals surface area contributed by atoms with Gasteiger partial charge in [-0.1, -0.05) is 59.2 Å². The van der Waals surface area contributed by atoms with E-state index in [-0.39, 0.29) is 5.91 Å². The summed E-state index contributed by atoms with van der Waals surface area (Å²) in [5, 5.41) is 7.51. The maximum absolute atomic E-state index is 12.8. The molecule has 0 aliphatic heterocycles. The van der Waals surface area contributed by atoms with Crippen LogP contribution in [0.1, 0.15) is 27.2 Å². The molecule has 1 heterocycles. The zero-order chi connectivity index (χ0) is 19.4. The van der Waals surface area contributed by atoms with Crippen molar-refractivity contribution in [2.45, 2.75) is 20.0 Å². The fourth-order valence-corrected chi connectivity index (χ4v) is 3.16. The van der Waals surface area contributed by atoms with Gasteiger partial charge in [-0.2, -0.15) is 0 Å². The van der Waals surface area contributed by atoms with E-state index < -0.39 is 0 Å². The van der Waals surface area contributed by atoms with E-state index in [0.29, 0.717) is 34.1 Å². The number of rotatable bonds is 6. The van der Waals surface area contributed by atoms with Gasteiger partial charge in [0.1, 0.15) is 23.6 Å². The molecular formula is C21H23ClN3O2+. The van der Waals surface area contributed by atoms with Crippen LogP contribution in [0.2, 0.25) is 5.02 Å². The lowest BCUT2D eigenvalue weighted by molar-refractivity contribution is -0.872. The van der Waals surface area contributed by atoms with Gasteiger partial charge in [0.05, 0.1) is 19.1 Å². The van der Waals surface area contributed by atoms with Crippen molar-refractivity contribution in [1.82, 2.24) is 10.5 Å². The molecule has 6 heteroatoms. The number of carbonyl (C=O) groups is 1. The molecule has 2 aromatic carbocycles. The van der Waals surface area contributed by atoms with Crippen LogP contribution in [0.4, 0.5) is 0 Å². The van der Waals surface area contributed by atoms with Crippen LogP contribution < -0.4 is 10.2 Å². The average molecular weight is 385 g/mol. The number of carbonyl (C=O) groups excluding carboxylic acids is 1. The van der Waals surface area contributed by atoms with E-state index >= 15 is 0 Å². The third-order valence-corrected chi connectivity index (χ3v) is 4.58. The lowest BCUT2D eigenvalue weighted by Crippen LogP contribution is -3.04. The summed E-state index contributed by atoms with van der Waals surface area (Å²) in [7, 11) is 4.23. The first-order valence-corrected chi connectivity index (χ1v) is 9.19. The largest absolute Gasteiger partial charge is 0.360 e. The molecule has 0 bridgehead atoms. The van der Waals surface area contributed by atoms with Crippen LogP contribution in [0, 0.1) is 6.92 Å². The molecule has 27 heavy (non-hydrogen) atoms. The van der Waals surface area contributed by atoms with Crippen molar-refractivity contribution >= 4 is 17.5 Å². The van der Waals surface area contributed by atoms with Crippen molar-refractivity contribution in [1.29, 1.82) is 0 Å². The molecule has 3 aromatic rings. The summed E-state index contributed by atoms with van der Waals surface area (Å²) < 4.78 is 5.26. The van der Waals surface area contributed by atoms with Gasteiger partial charge in [0, 0.05) is 17.7 Å². The van der Waals surface area contributed by atoms with E-state index in [0.717, 1.165) is 12.1 Å². The Bertz CT molecular complexity index is 933. The predicted molar refractivity (Wildman–Crippen MR) is 106 cm³/mol. The Hall–Kier alpha value is -2.63. The highest BCUT2D eigenvalue weighted by molar-refractivity contribution is 6.33. The van der Waals surface area contributed by atoms with Crippen LogP contribution in [0.15, 0.2) is 53.1 Å². The molecule has 0 fully saturated rings. The quantitative estimate of drug-likeness (QED) is 0.687. The van der Waals surface area contributed by atoms with Gasteiger partial charge in [-0.15, -0.1) is 0 Å². The highest BCUT2D eigenvalue weighted by Gasteiger charge is 2.22. The lowest BCUT2D eigenvalue weighted by Gasteiger charge is -2.09. The zero-order valence-electron chi connectivity index (χ0n) is 15.7. The van der Waals surface area contributed by atoms with Crippen molar-refractivity contribution in [3.8, 4) is 11.3 Å². The van der Waals surface area contributed by atoms with Gasteiger partial charge in [0.15, 0.2) is 0 Å². The molecule has 0 atom stereocenters. The fourth-order valence-electron chi connectivity index (χ4n) is 2.93. The second kappa shape index (κ2) is 8.37. The van der Waals surface area contributed by atoms with Gasteiger partial charge in [0.25, 0.3) is 5.91 Å². The monoisotopic (exact) mass is 384 g/mol. The summed E-state index contributed by atoms with van der Waals surface area (Å²) in [5.74, 6) is 0.234. The Morgan fingerprint density at radius 1 is 1.11 bits per heavy atom. The topological polar surface area (TPSA) is 59.6 Å².